The van der Waals surface area contributed by atoms with Gasteiger partial charge in [0.1, 0.15) is 10.0 Å². The third-order valence-corrected chi connectivity index (χ3v) is 10.6. The third kappa shape index (κ3) is 4.75. The smallest absolute Gasteiger partial charge is 0.266 e. The first-order valence-electron chi connectivity index (χ1n) is 12.9. The van der Waals surface area contributed by atoms with Crippen LogP contribution in [0.2, 0.25) is 0 Å². The van der Waals surface area contributed by atoms with Crippen LogP contribution in [-0.4, -0.2) is 56.8 Å². The molecule has 0 atom stereocenters. The Labute approximate surface area is 232 Å². The van der Waals surface area contributed by atoms with Crippen LogP contribution in [0.4, 0.5) is 0 Å². The van der Waals surface area contributed by atoms with Gasteiger partial charge in [-0.25, -0.2) is 13.1 Å². The zero-order chi connectivity index (χ0) is 26.3. The van der Waals surface area contributed by atoms with E-state index in [1.807, 2.05) is 48.7 Å². The van der Waals surface area contributed by atoms with Crippen LogP contribution in [0.3, 0.4) is 0 Å². The lowest BCUT2D eigenvalue weighted by Crippen LogP contribution is -2.36. The number of para-hydroxylation sites is 1. The minimum Gasteiger partial charge on any atom is -0.290 e. The van der Waals surface area contributed by atoms with Crippen molar-refractivity contribution in [2.45, 2.75) is 49.5 Å². The molecule has 0 radical (unpaired) electrons. The van der Waals surface area contributed by atoms with E-state index in [0.29, 0.717) is 33.6 Å². The van der Waals surface area contributed by atoms with E-state index in [1.54, 1.807) is 32.1 Å². The van der Waals surface area contributed by atoms with E-state index in [4.69, 9.17) is 17.3 Å². The second kappa shape index (κ2) is 10.4. The summed E-state index contributed by atoms with van der Waals surface area (Å²) < 4.78 is 30.5. The first kappa shape index (κ1) is 25.5. The monoisotopic (exact) mass is 564 g/mol. The number of hydrogen-bond acceptors (Lipinski definition) is 6. The number of amides is 1. The molecule has 2 aliphatic heterocycles. The summed E-state index contributed by atoms with van der Waals surface area (Å²) in [7, 11) is -3.58. The fourth-order valence-corrected chi connectivity index (χ4v) is 8.36. The molecule has 1 aliphatic carbocycles. The molecular formula is C28H28N4O3S3. The second-order valence-electron chi connectivity index (χ2n) is 9.84. The minimum atomic E-state index is -3.58. The number of benzene rings is 2. The Hall–Kier alpha value is -2.79. The normalized spacial score (nSPS) is 20.3. The van der Waals surface area contributed by atoms with Crippen molar-refractivity contribution in [3.63, 3.8) is 0 Å². The number of hydrogen-bond donors (Lipinski definition) is 0. The van der Waals surface area contributed by atoms with Gasteiger partial charge in [-0.1, -0.05) is 67.2 Å². The lowest BCUT2D eigenvalue weighted by atomic mass is 10.1. The lowest BCUT2D eigenvalue weighted by Gasteiger charge is -2.21. The van der Waals surface area contributed by atoms with E-state index in [1.165, 1.54) is 11.8 Å². The van der Waals surface area contributed by atoms with Crippen molar-refractivity contribution in [3.05, 3.63) is 71.3 Å². The van der Waals surface area contributed by atoms with Gasteiger partial charge in [-0.2, -0.15) is 9.40 Å². The molecule has 196 valence electrons. The number of sulfonamides is 1. The van der Waals surface area contributed by atoms with Gasteiger partial charge in [-0.05, 0) is 56.0 Å². The molecule has 1 amide bonds. The molecule has 7 nitrogen and oxygen atoms in total. The molecular weight excluding hydrogens is 537 g/mol. The molecule has 1 aromatic heterocycles. The molecule has 3 aromatic rings. The number of thiocarbonyl (C=S) groups is 1. The summed E-state index contributed by atoms with van der Waals surface area (Å²) in [6.45, 7) is 1.09. The molecule has 1 saturated carbocycles. The maximum absolute atomic E-state index is 13.4. The van der Waals surface area contributed by atoms with Gasteiger partial charge in [-0.3, -0.25) is 9.69 Å². The molecule has 10 heteroatoms. The maximum atomic E-state index is 13.4. The fourth-order valence-electron chi connectivity index (χ4n) is 5.41. The van der Waals surface area contributed by atoms with Crippen molar-refractivity contribution in [2.24, 2.45) is 0 Å². The highest BCUT2D eigenvalue weighted by molar-refractivity contribution is 8.26. The minimum absolute atomic E-state index is 0.0596. The van der Waals surface area contributed by atoms with Crippen LogP contribution >= 0.6 is 24.0 Å². The summed E-state index contributed by atoms with van der Waals surface area (Å²) in [5.41, 5.74) is 2.89. The summed E-state index contributed by atoms with van der Waals surface area (Å²) >= 11 is 6.93. The zero-order valence-corrected chi connectivity index (χ0v) is 23.3. The highest BCUT2D eigenvalue weighted by atomic mass is 32.2. The van der Waals surface area contributed by atoms with Crippen LogP contribution < -0.4 is 0 Å². The van der Waals surface area contributed by atoms with Crippen LogP contribution in [0, 0.1) is 0 Å². The molecule has 2 aromatic carbocycles. The Balaban J connectivity index is 1.42. The van der Waals surface area contributed by atoms with Crippen LogP contribution in [-0.2, 0) is 14.8 Å². The summed E-state index contributed by atoms with van der Waals surface area (Å²) in [6.07, 6.45) is 9.68. The topological polar surface area (TPSA) is 75.5 Å². The largest absolute Gasteiger partial charge is 0.290 e. The quantitative estimate of drug-likeness (QED) is 0.292. The Morgan fingerprint density at radius 2 is 1.71 bits per heavy atom. The summed E-state index contributed by atoms with van der Waals surface area (Å²) in [6, 6.07) is 16.8. The number of rotatable bonds is 6. The average molecular weight is 565 g/mol. The predicted molar refractivity (Wildman–Crippen MR) is 154 cm³/mol. The molecule has 0 unspecified atom stereocenters. The van der Waals surface area contributed by atoms with Crippen LogP contribution in [0.5, 0.6) is 0 Å². The van der Waals surface area contributed by atoms with E-state index < -0.39 is 10.0 Å². The molecule has 3 aliphatic rings. The van der Waals surface area contributed by atoms with Gasteiger partial charge in [0.05, 0.1) is 15.5 Å². The van der Waals surface area contributed by atoms with Crippen LogP contribution in [0.25, 0.3) is 23.0 Å². The van der Waals surface area contributed by atoms with E-state index in [2.05, 4.69) is 0 Å². The first-order chi connectivity index (χ1) is 18.4. The zero-order valence-electron chi connectivity index (χ0n) is 20.8. The van der Waals surface area contributed by atoms with Crippen molar-refractivity contribution in [1.82, 2.24) is 19.0 Å². The van der Waals surface area contributed by atoms with Gasteiger partial charge >= 0.3 is 0 Å². The predicted octanol–water partition coefficient (Wildman–Crippen LogP) is 5.47. The third-order valence-electron chi connectivity index (χ3n) is 7.37. The number of thioether (sulfide) groups is 1. The van der Waals surface area contributed by atoms with Crippen LogP contribution in [0.1, 0.15) is 44.1 Å². The fraction of sp³-hybridized carbons (Fsp3) is 0.321. The molecule has 6 rings (SSSR count). The molecule has 2 saturated heterocycles. The van der Waals surface area contributed by atoms with Crippen molar-refractivity contribution >= 4 is 50.3 Å². The van der Waals surface area contributed by atoms with Gasteiger partial charge in [0.2, 0.25) is 10.0 Å². The first-order valence-corrected chi connectivity index (χ1v) is 15.6. The van der Waals surface area contributed by atoms with Gasteiger partial charge in [-0.15, -0.1) is 0 Å². The molecule has 3 heterocycles. The van der Waals surface area contributed by atoms with Gasteiger partial charge in [0.25, 0.3) is 5.91 Å². The number of carbonyl (C=O) groups is 1. The average Bonchev–Trinajstić information content (AvgIpc) is 3.74. The van der Waals surface area contributed by atoms with Crippen LogP contribution in [0.15, 0.2) is 70.6 Å². The molecule has 3 fully saturated rings. The Morgan fingerprint density at radius 3 is 2.45 bits per heavy atom. The highest BCUT2D eigenvalue weighted by Crippen LogP contribution is 2.39. The summed E-state index contributed by atoms with van der Waals surface area (Å²) in [5.74, 6) is -0.0596. The number of aromatic nitrogens is 2. The van der Waals surface area contributed by atoms with Gasteiger partial charge in [0.15, 0.2) is 0 Å². The standard InChI is InChI=1S/C28H28N4O3S3/c33-27-25(37-28(36)32(27)23-12-4-5-13-23)18-21-19-31(22-10-2-1-3-11-22)29-26(21)20-9-8-14-24(17-20)38(34,35)30-15-6-7-16-30/h1-3,8-11,14,17-19,23H,4-7,12-13,15-16H2/b25-18-. The maximum Gasteiger partial charge on any atom is 0.266 e. The van der Waals surface area contributed by atoms with E-state index in [-0.39, 0.29) is 16.8 Å². The van der Waals surface area contributed by atoms with E-state index in [9.17, 15) is 13.2 Å². The van der Waals surface area contributed by atoms with Crippen molar-refractivity contribution < 1.29 is 13.2 Å². The van der Waals surface area contributed by atoms with E-state index in [0.717, 1.165) is 49.8 Å². The van der Waals surface area contributed by atoms with Crippen molar-refractivity contribution in [1.29, 1.82) is 0 Å². The Bertz CT molecular complexity index is 1520. The SMILES string of the molecule is O=C1/C(=C/c2cn(-c3ccccc3)nc2-c2cccc(S(=O)(=O)N3CCCC3)c2)SC(=S)N1C1CCCC1. The lowest BCUT2D eigenvalue weighted by molar-refractivity contribution is -0.123. The van der Waals surface area contributed by atoms with Gasteiger partial charge in [0, 0.05) is 36.5 Å². The Morgan fingerprint density at radius 1 is 0.974 bits per heavy atom. The summed E-state index contributed by atoms with van der Waals surface area (Å²) in [4.78, 5) is 16.0. The highest BCUT2D eigenvalue weighted by Gasteiger charge is 2.38. The molecule has 0 N–H and O–H groups in total. The van der Waals surface area contributed by atoms with E-state index >= 15 is 0 Å². The molecule has 38 heavy (non-hydrogen) atoms. The Kier molecular flexibility index (Phi) is 6.98. The van der Waals surface area contributed by atoms with Crippen molar-refractivity contribution in [2.75, 3.05) is 13.1 Å². The number of carbonyl (C=O) groups excluding carboxylic acids is 1. The number of nitrogens with zero attached hydrogens (tertiary/aromatic N) is 4. The molecule has 0 bridgehead atoms. The second-order valence-corrected chi connectivity index (χ2v) is 13.5. The summed E-state index contributed by atoms with van der Waals surface area (Å²) in [5, 5.41) is 4.85. The van der Waals surface area contributed by atoms with Crippen molar-refractivity contribution in [3.8, 4) is 16.9 Å². The molecule has 0 spiro atoms. The van der Waals surface area contributed by atoms with Gasteiger partial charge < -0.3 is 0 Å².